The first kappa shape index (κ1) is 23.5. The molecule has 0 fully saturated rings. The molecule has 34 heavy (non-hydrogen) atoms. The molecule has 4 rings (SSSR count). The van der Waals surface area contributed by atoms with Gasteiger partial charge in [-0.15, -0.1) is 0 Å². The summed E-state index contributed by atoms with van der Waals surface area (Å²) in [4.78, 5) is 28.2. The third kappa shape index (κ3) is 4.17. The van der Waals surface area contributed by atoms with Crippen LogP contribution in [0.25, 0.3) is 0 Å². The van der Waals surface area contributed by atoms with Gasteiger partial charge in [-0.2, -0.15) is 0 Å². The average molecular weight is 460 g/mol. The van der Waals surface area contributed by atoms with Crippen LogP contribution in [0.1, 0.15) is 53.2 Å². The molecule has 0 radical (unpaired) electrons. The molecule has 3 aromatic rings. The van der Waals surface area contributed by atoms with Crippen LogP contribution in [0.2, 0.25) is 0 Å². The van der Waals surface area contributed by atoms with Gasteiger partial charge in [0, 0.05) is 11.1 Å². The van der Waals surface area contributed by atoms with E-state index in [9.17, 15) is 14.7 Å². The van der Waals surface area contributed by atoms with Gasteiger partial charge < -0.3 is 19.5 Å². The third-order valence-corrected chi connectivity index (χ3v) is 6.34. The Kier molecular flexibility index (Phi) is 6.44. The summed E-state index contributed by atoms with van der Waals surface area (Å²) < 4.78 is 10.7. The molecule has 1 aliphatic rings. The van der Waals surface area contributed by atoms with E-state index in [0.717, 1.165) is 11.1 Å². The van der Waals surface area contributed by atoms with Crippen molar-refractivity contribution in [3.63, 3.8) is 0 Å². The van der Waals surface area contributed by atoms with Crippen molar-refractivity contribution in [2.24, 2.45) is 0 Å². The zero-order valence-corrected chi connectivity index (χ0v) is 19.9. The lowest BCUT2D eigenvalue weighted by molar-refractivity contribution is -0.136. The summed E-state index contributed by atoms with van der Waals surface area (Å²) in [5, 5.41) is 11.6. The van der Waals surface area contributed by atoms with Gasteiger partial charge in [0.1, 0.15) is 0 Å². The van der Waals surface area contributed by atoms with Gasteiger partial charge >= 0.3 is 0 Å². The Labute approximate surface area is 199 Å². The number of ether oxygens (including phenoxy) is 2. The minimum Gasteiger partial charge on any atom is -0.493 e. The quantitative estimate of drug-likeness (QED) is 0.488. The molecule has 0 saturated carbocycles. The van der Waals surface area contributed by atoms with Crippen LogP contribution in [0.3, 0.4) is 0 Å². The van der Waals surface area contributed by atoms with Crippen molar-refractivity contribution >= 4 is 17.4 Å². The van der Waals surface area contributed by atoms with E-state index < -0.39 is 11.5 Å². The number of rotatable bonds is 8. The molecule has 1 N–H and O–H groups in total. The predicted octanol–water partition coefficient (Wildman–Crippen LogP) is 4.83. The first-order valence-corrected chi connectivity index (χ1v) is 11.3. The summed E-state index contributed by atoms with van der Waals surface area (Å²) in [5.74, 6) is 0.687. The Balaban J connectivity index is 1.63. The van der Waals surface area contributed by atoms with Crippen LogP contribution in [-0.2, 0) is 16.9 Å². The Morgan fingerprint density at radius 1 is 0.971 bits per heavy atom. The monoisotopic (exact) mass is 459 g/mol. The Hall–Kier alpha value is -3.64. The molecule has 1 atom stereocenters. The fraction of sp³-hybridized carbons (Fsp3) is 0.286. The highest BCUT2D eigenvalue weighted by Crippen LogP contribution is 2.44. The lowest BCUT2D eigenvalue weighted by Gasteiger charge is -2.23. The molecule has 176 valence electrons. The average Bonchev–Trinajstić information content (AvgIpc) is 3.05. The van der Waals surface area contributed by atoms with Crippen LogP contribution in [0.15, 0.2) is 66.7 Å². The molecular weight excluding hydrogens is 430 g/mol. The summed E-state index contributed by atoms with van der Waals surface area (Å²) in [6.07, 6.45) is -0.327. The number of amides is 1. The van der Waals surface area contributed by atoms with Gasteiger partial charge in [0.2, 0.25) is 0 Å². The number of ketones is 1. The lowest BCUT2D eigenvalue weighted by Crippen LogP contribution is -2.41. The smallest absolute Gasteiger partial charge is 0.264 e. The van der Waals surface area contributed by atoms with E-state index in [1.165, 1.54) is 4.90 Å². The molecule has 0 spiro atoms. The standard InChI is InChI=1S/C28H29NO5/c1-18(2)20-10-12-21(13-11-20)24(30)16-28(32)22-7-5-6-8-23(22)29(27(28)31)17-19-9-14-25(33-3)26(15-19)34-4/h5-15,18,32H,16-17H2,1-4H3/t28-/m1/s1. The number of anilines is 1. The van der Waals surface area contributed by atoms with Gasteiger partial charge in [-0.25, -0.2) is 0 Å². The van der Waals surface area contributed by atoms with E-state index in [1.54, 1.807) is 56.7 Å². The largest absolute Gasteiger partial charge is 0.493 e. The summed E-state index contributed by atoms with van der Waals surface area (Å²) in [7, 11) is 3.11. The van der Waals surface area contributed by atoms with Crippen molar-refractivity contribution in [2.45, 2.75) is 38.3 Å². The van der Waals surface area contributed by atoms with Crippen molar-refractivity contribution < 1.29 is 24.2 Å². The molecule has 0 unspecified atom stereocenters. The van der Waals surface area contributed by atoms with Crippen molar-refractivity contribution in [1.82, 2.24) is 0 Å². The highest BCUT2D eigenvalue weighted by Gasteiger charge is 2.50. The maximum atomic E-state index is 13.5. The third-order valence-electron chi connectivity index (χ3n) is 6.34. The molecule has 1 amide bonds. The van der Waals surface area contributed by atoms with Crippen LogP contribution in [0.4, 0.5) is 5.69 Å². The highest BCUT2D eigenvalue weighted by atomic mass is 16.5. The van der Waals surface area contributed by atoms with Gasteiger partial charge in [0.05, 0.1) is 32.9 Å². The summed E-state index contributed by atoms with van der Waals surface area (Å²) in [6, 6.07) is 19.8. The maximum Gasteiger partial charge on any atom is 0.264 e. The number of fused-ring (bicyclic) bond motifs is 1. The highest BCUT2D eigenvalue weighted by molar-refractivity contribution is 6.10. The summed E-state index contributed by atoms with van der Waals surface area (Å²) in [6.45, 7) is 4.39. The second-order valence-electron chi connectivity index (χ2n) is 8.83. The molecule has 1 aliphatic heterocycles. The minimum atomic E-state index is -1.93. The molecule has 0 aromatic heterocycles. The number of benzene rings is 3. The number of carbonyl (C=O) groups excluding carboxylic acids is 2. The normalized spacial score (nSPS) is 17.1. The number of carbonyl (C=O) groups is 2. The van der Waals surface area contributed by atoms with E-state index >= 15 is 0 Å². The fourth-order valence-corrected chi connectivity index (χ4v) is 4.38. The van der Waals surface area contributed by atoms with E-state index in [2.05, 4.69) is 13.8 Å². The number of methoxy groups -OCH3 is 2. The SMILES string of the molecule is COc1ccc(CN2C(=O)[C@@](O)(CC(=O)c3ccc(C(C)C)cc3)c3ccccc32)cc1OC. The molecule has 0 bridgehead atoms. The van der Waals surface area contributed by atoms with E-state index in [0.29, 0.717) is 34.2 Å². The van der Waals surface area contributed by atoms with Gasteiger partial charge in [0.15, 0.2) is 22.9 Å². The second kappa shape index (κ2) is 9.31. The van der Waals surface area contributed by atoms with Crippen molar-refractivity contribution in [3.8, 4) is 11.5 Å². The van der Waals surface area contributed by atoms with Crippen LogP contribution >= 0.6 is 0 Å². The van der Waals surface area contributed by atoms with E-state index in [-0.39, 0.29) is 18.7 Å². The van der Waals surface area contributed by atoms with E-state index in [1.807, 2.05) is 24.3 Å². The molecular formula is C28H29NO5. The molecule has 6 heteroatoms. The Bertz CT molecular complexity index is 1220. The Morgan fingerprint density at radius 3 is 2.29 bits per heavy atom. The van der Waals surface area contributed by atoms with Crippen LogP contribution < -0.4 is 14.4 Å². The fourth-order valence-electron chi connectivity index (χ4n) is 4.38. The molecule has 3 aromatic carbocycles. The topological polar surface area (TPSA) is 76.1 Å². The molecule has 6 nitrogen and oxygen atoms in total. The minimum absolute atomic E-state index is 0.218. The van der Waals surface area contributed by atoms with Gasteiger partial charge in [-0.3, -0.25) is 9.59 Å². The molecule has 1 heterocycles. The Morgan fingerprint density at radius 2 is 1.65 bits per heavy atom. The number of para-hydroxylation sites is 1. The summed E-state index contributed by atoms with van der Waals surface area (Å²) in [5.41, 5.74) is 1.50. The van der Waals surface area contributed by atoms with Crippen LogP contribution in [0, 0.1) is 0 Å². The second-order valence-corrected chi connectivity index (χ2v) is 8.83. The van der Waals surface area contributed by atoms with Gasteiger partial charge in [0.25, 0.3) is 5.91 Å². The number of nitrogens with zero attached hydrogens (tertiary/aromatic N) is 1. The zero-order chi connectivity index (χ0) is 24.5. The number of Topliss-reactive ketones (excluding diaryl/α,β-unsaturated/α-hetero) is 1. The summed E-state index contributed by atoms with van der Waals surface area (Å²) >= 11 is 0. The van der Waals surface area contributed by atoms with Crippen molar-refractivity contribution in [1.29, 1.82) is 0 Å². The van der Waals surface area contributed by atoms with Crippen molar-refractivity contribution in [3.05, 3.63) is 89.0 Å². The van der Waals surface area contributed by atoms with Gasteiger partial charge in [-0.1, -0.05) is 62.4 Å². The first-order valence-electron chi connectivity index (χ1n) is 11.3. The van der Waals surface area contributed by atoms with Crippen LogP contribution in [-0.4, -0.2) is 31.0 Å². The lowest BCUT2D eigenvalue weighted by atomic mass is 9.87. The molecule has 0 aliphatic carbocycles. The van der Waals surface area contributed by atoms with Gasteiger partial charge in [-0.05, 0) is 35.2 Å². The van der Waals surface area contributed by atoms with Crippen LogP contribution in [0.5, 0.6) is 11.5 Å². The number of hydrogen-bond donors (Lipinski definition) is 1. The molecule has 0 saturated heterocycles. The zero-order valence-electron chi connectivity index (χ0n) is 19.9. The van der Waals surface area contributed by atoms with Crippen molar-refractivity contribution in [2.75, 3.05) is 19.1 Å². The van der Waals surface area contributed by atoms with E-state index in [4.69, 9.17) is 9.47 Å². The first-order chi connectivity index (χ1) is 16.3. The number of hydrogen-bond acceptors (Lipinski definition) is 5. The number of aliphatic hydroxyl groups is 1. The maximum absolute atomic E-state index is 13.5. The predicted molar refractivity (Wildman–Crippen MR) is 131 cm³/mol.